The third-order valence-corrected chi connectivity index (χ3v) is 3.65. The molecule has 0 amide bonds. The monoisotopic (exact) mass is 323 g/mol. The highest BCUT2D eigenvalue weighted by atomic mass is 16.6. The topological polar surface area (TPSA) is 82.0 Å². The number of nitro benzene ring substituents is 1. The van der Waals surface area contributed by atoms with E-state index >= 15 is 0 Å². The number of Topliss-reactive ketones (excluding diaryl/α,β-unsaturated/α-hetero) is 1. The first-order chi connectivity index (χ1) is 11.6. The van der Waals surface area contributed by atoms with Crippen molar-refractivity contribution in [3.63, 3.8) is 0 Å². The summed E-state index contributed by atoms with van der Waals surface area (Å²) in [7, 11) is 0. The van der Waals surface area contributed by atoms with Gasteiger partial charge in [0.05, 0.1) is 10.5 Å². The first kappa shape index (κ1) is 15.7. The number of carbonyl (C=O) groups is 1. The van der Waals surface area contributed by atoms with Crippen molar-refractivity contribution in [3.8, 4) is 18.1 Å². The van der Waals surface area contributed by atoms with Gasteiger partial charge in [0.25, 0.3) is 5.69 Å². The van der Waals surface area contributed by atoms with Crippen LogP contribution in [0.1, 0.15) is 22.0 Å². The van der Waals surface area contributed by atoms with Crippen LogP contribution in [0, 0.1) is 22.5 Å². The van der Waals surface area contributed by atoms with E-state index in [1.54, 1.807) is 36.4 Å². The predicted molar refractivity (Wildman–Crippen MR) is 85.8 cm³/mol. The number of ketones is 1. The molecule has 1 heterocycles. The van der Waals surface area contributed by atoms with Gasteiger partial charge in [0.2, 0.25) is 0 Å². The fraction of sp³-hybridized carbons (Fsp3) is 0.167. The lowest BCUT2D eigenvalue weighted by molar-refractivity contribution is -0.384. The maximum absolute atomic E-state index is 12.6. The number of hydrogen-bond donors (Lipinski definition) is 0. The highest BCUT2D eigenvalue weighted by Crippen LogP contribution is 2.42. The lowest BCUT2D eigenvalue weighted by atomic mass is 10.0. The molecule has 0 aliphatic carbocycles. The average molecular weight is 323 g/mol. The SMILES string of the molecule is C#CCOc1ccccc1C(=O)[C@H]1O[C@@H]1c1ccc([N+](=O)[O-])cc1. The Balaban J connectivity index is 1.74. The number of nitro groups is 1. The molecule has 120 valence electrons. The third kappa shape index (κ3) is 3.12. The quantitative estimate of drug-likeness (QED) is 0.268. The summed E-state index contributed by atoms with van der Waals surface area (Å²) in [6.45, 7) is 0.0710. The molecule has 1 fully saturated rings. The van der Waals surface area contributed by atoms with Crippen molar-refractivity contribution >= 4 is 11.5 Å². The maximum Gasteiger partial charge on any atom is 0.269 e. The van der Waals surface area contributed by atoms with Crippen LogP contribution in [0.15, 0.2) is 48.5 Å². The Kier molecular flexibility index (Phi) is 4.27. The molecule has 2 aromatic rings. The van der Waals surface area contributed by atoms with E-state index in [9.17, 15) is 14.9 Å². The second kappa shape index (κ2) is 6.52. The van der Waals surface area contributed by atoms with E-state index in [0.717, 1.165) is 5.56 Å². The second-order valence-electron chi connectivity index (χ2n) is 5.18. The van der Waals surface area contributed by atoms with Crippen LogP contribution < -0.4 is 4.74 Å². The molecule has 24 heavy (non-hydrogen) atoms. The summed E-state index contributed by atoms with van der Waals surface area (Å²) in [5.74, 6) is 2.57. The van der Waals surface area contributed by atoms with Gasteiger partial charge in [-0.3, -0.25) is 14.9 Å². The summed E-state index contributed by atoms with van der Waals surface area (Å²) in [5, 5.41) is 10.7. The maximum atomic E-state index is 12.6. The first-order valence-corrected chi connectivity index (χ1v) is 7.21. The molecule has 0 bridgehead atoms. The number of para-hydroxylation sites is 1. The van der Waals surface area contributed by atoms with Crippen molar-refractivity contribution in [2.75, 3.05) is 6.61 Å². The van der Waals surface area contributed by atoms with E-state index in [4.69, 9.17) is 15.9 Å². The Labute approximate surface area is 138 Å². The van der Waals surface area contributed by atoms with Crippen molar-refractivity contribution in [2.24, 2.45) is 0 Å². The average Bonchev–Trinajstić information content (AvgIpc) is 3.40. The summed E-state index contributed by atoms with van der Waals surface area (Å²) in [4.78, 5) is 22.8. The largest absolute Gasteiger partial charge is 0.480 e. The van der Waals surface area contributed by atoms with Gasteiger partial charge in [0, 0.05) is 12.1 Å². The zero-order valence-corrected chi connectivity index (χ0v) is 12.5. The summed E-state index contributed by atoms with van der Waals surface area (Å²) in [6.07, 6.45) is 4.15. The van der Waals surface area contributed by atoms with Crippen LogP contribution in [0.4, 0.5) is 5.69 Å². The van der Waals surface area contributed by atoms with Crippen molar-refractivity contribution in [2.45, 2.75) is 12.2 Å². The zero-order valence-electron chi connectivity index (χ0n) is 12.5. The van der Waals surface area contributed by atoms with Gasteiger partial charge in [0.15, 0.2) is 11.9 Å². The Hall–Kier alpha value is -3.17. The summed E-state index contributed by atoms with van der Waals surface area (Å²) < 4.78 is 10.8. The summed E-state index contributed by atoms with van der Waals surface area (Å²) in [6, 6.07) is 12.8. The van der Waals surface area contributed by atoms with Crippen LogP contribution in [0.5, 0.6) is 5.75 Å². The number of non-ortho nitro benzene ring substituents is 1. The lowest BCUT2D eigenvalue weighted by Gasteiger charge is -2.07. The van der Waals surface area contributed by atoms with Crippen molar-refractivity contribution in [1.29, 1.82) is 0 Å². The molecule has 6 nitrogen and oxygen atoms in total. The molecule has 0 radical (unpaired) electrons. The minimum Gasteiger partial charge on any atom is -0.480 e. The fourth-order valence-electron chi connectivity index (χ4n) is 2.42. The van der Waals surface area contributed by atoms with Gasteiger partial charge in [-0.15, -0.1) is 6.42 Å². The molecule has 2 aromatic carbocycles. The molecule has 6 heteroatoms. The van der Waals surface area contributed by atoms with Crippen LogP contribution in [0.25, 0.3) is 0 Å². The summed E-state index contributed by atoms with van der Waals surface area (Å²) >= 11 is 0. The number of rotatable bonds is 6. The van der Waals surface area contributed by atoms with E-state index in [-0.39, 0.29) is 18.1 Å². The molecule has 0 unspecified atom stereocenters. The minimum atomic E-state index is -0.623. The molecular formula is C18H13NO5. The van der Waals surface area contributed by atoms with E-state index in [1.165, 1.54) is 12.1 Å². The van der Waals surface area contributed by atoms with E-state index in [2.05, 4.69) is 5.92 Å². The predicted octanol–water partition coefficient (Wildman–Crippen LogP) is 2.93. The number of ether oxygens (including phenoxy) is 2. The number of epoxide rings is 1. The first-order valence-electron chi connectivity index (χ1n) is 7.21. The molecule has 0 aromatic heterocycles. The Morgan fingerprint density at radius 1 is 1.25 bits per heavy atom. The molecule has 0 spiro atoms. The number of terminal acetylenes is 1. The fourth-order valence-corrected chi connectivity index (χ4v) is 2.42. The lowest BCUT2D eigenvalue weighted by Crippen LogP contribution is -2.10. The second-order valence-corrected chi connectivity index (χ2v) is 5.18. The van der Waals surface area contributed by atoms with Crippen molar-refractivity contribution < 1.29 is 19.2 Å². The van der Waals surface area contributed by atoms with Gasteiger partial charge >= 0.3 is 0 Å². The molecule has 0 N–H and O–H groups in total. The minimum absolute atomic E-state index is 0.00435. The van der Waals surface area contributed by atoms with Gasteiger partial charge in [-0.2, -0.15) is 0 Å². The molecule has 2 atom stereocenters. The molecule has 1 aliphatic heterocycles. The van der Waals surface area contributed by atoms with Crippen LogP contribution in [0.3, 0.4) is 0 Å². The molecule has 1 saturated heterocycles. The van der Waals surface area contributed by atoms with Crippen LogP contribution in [-0.4, -0.2) is 23.4 Å². The van der Waals surface area contributed by atoms with Crippen LogP contribution >= 0.6 is 0 Å². The standard InChI is InChI=1S/C18H13NO5/c1-2-11-23-15-6-4-3-5-14(15)16(20)18-17(24-18)12-7-9-13(10-8-12)19(21)22/h1,3-10,17-18H,11H2/t17-,18-/m1/s1. The van der Waals surface area contributed by atoms with E-state index in [1.807, 2.05) is 0 Å². The smallest absolute Gasteiger partial charge is 0.269 e. The Bertz CT molecular complexity index is 822. The van der Waals surface area contributed by atoms with Crippen molar-refractivity contribution in [1.82, 2.24) is 0 Å². The molecule has 1 aliphatic rings. The van der Waals surface area contributed by atoms with Gasteiger partial charge in [0.1, 0.15) is 18.5 Å². The van der Waals surface area contributed by atoms with Gasteiger partial charge in [-0.25, -0.2) is 0 Å². The van der Waals surface area contributed by atoms with Gasteiger partial charge < -0.3 is 9.47 Å². The van der Waals surface area contributed by atoms with Crippen LogP contribution in [-0.2, 0) is 4.74 Å². The highest BCUT2D eigenvalue weighted by molar-refractivity contribution is 6.03. The highest BCUT2D eigenvalue weighted by Gasteiger charge is 2.46. The van der Waals surface area contributed by atoms with Gasteiger partial charge in [-0.1, -0.05) is 18.1 Å². The summed E-state index contributed by atoms with van der Waals surface area (Å²) in [5.41, 5.74) is 1.12. The molecule has 0 saturated carbocycles. The zero-order chi connectivity index (χ0) is 17.1. The van der Waals surface area contributed by atoms with Crippen LogP contribution in [0.2, 0.25) is 0 Å². The normalized spacial score (nSPS) is 18.5. The van der Waals surface area contributed by atoms with E-state index in [0.29, 0.717) is 11.3 Å². The number of hydrogen-bond acceptors (Lipinski definition) is 5. The Morgan fingerprint density at radius 3 is 2.62 bits per heavy atom. The number of nitrogens with zero attached hydrogens (tertiary/aromatic N) is 1. The molecular weight excluding hydrogens is 310 g/mol. The number of benzene rings is 2. The Morgan fingerprint density at radius 2 is 1.96 bits per heavy atom. The third-order valence-electron chi connectivity index (χ3n) is 3.65. The number of carbonyl (C=O) groups excluding carboxylic acids is 1. The van der Waals surface area contributed by atoms with Gasteiger partial charge in [-0.05, 0) is 29.8 Å². The van der Waals surface area contributed by atoms with Crippen molar-refractivity contribution in [3.05, 3.63) is 69.8 Å². The molecule has 3 rings (SSSR count). The van der Waals surface area contributed by atoms with E-state index < -0.39 is 17.1 Å².